The molecule has 1 N–H and O–H groups in total. The molecule has 0 heterocycles. The first-order valence-electron chi connectivity index (χ1n) is 10.0. The van der Waals surface area contributed by atoms with E-state index in [9.17, 15) is 14.0 Å². The van der Waals surface area contributed by atoms with Gasteiger partial charge in [0.25, 0.3) is 0 Å². The lowest BCUT2D eigenvalue weighted by Crippen LogP contribution is -2.35. The van der Waals surface area contributed by atoms with Crippen LogP contribution in [-0.4, -0.2) is 31.4 Å². The molecule has 1 amide bonds. The van der Waals surface area contributed by atoms with Crippen LogP contribution in [0.25, 0.3) is 0 Å². The van der Waals surface area contributed by atoms with Crippen molar-refractivity contribution < 1.29 is 23.5 Å². The van der Waals surface area contributed by atoms with Gasteiger partial charge in [-0.2, -0.15) is 0 Å². The van der Waals surface area contributed by atoms with E-state index in [2.05, 4.69) is 26.1 Å². The van der Waals surface area contributed by atoms with Crippen LogP contribution in [0.1, 0.15) is 68.9 Å². The topological polar surface area (TPSA) is 64.6 Å². The molecular weight excluding hydrogens is 361 g/mol. The lowest BCUT2D eigenvalue weighted by Gasteiger charge is -2.36. The van der Waals surface area contributed by atoms with E-state index < -0.39 is 12.9 Å². The van der Waals surface area contributed by atoms with Crippen molar-refractivity contribution in [3.05, 3.63) is 35.4 Å². The highest BCUT2D eigenvalue weighted by Crippen LogP contribution is 2.35. The largest absolute Gasteiger partial charge is 0.458 e. The number of amides is 1. The summed E-state index contributed by atoms with van der Waals surface area (Å²) in [6.07, 6.45) is 3.11. The molecule has 156 valence electrons. The molecule has 6 heteroatoms. The van der Waals surface area contributed by atoms with Crippen molar-refractivity contribution in [1.29, 1.82) is 0 Å². The van der Waals surface area contributed by atoms with E-state index in [0.29, 0.717) is 23.3 Å². The summed E-state index contributed by atoms with van der Waals surface area (Å²) in [5, 5.41) is 2.72. The van der Waals surface area contributed by atoms with Crippen molar-refractivity contribution in [1.82, 2.24) is 5.32 Å². The van der Waals surface area contributed by atoms with Gasteiger partial charge in [0.05, 0.1) is 18.2 Å². The molecule has 28 heavy (non-hydrogen) atoms. The number of hydrogen-bond acceptors (Lipinski definition) is 4. The Balaban J connectivity index is 2.06. The molecule has 0 bridgehead atoms. The van der Waals surface area contributed by atoms with Crippen molar-refractivity contribution >= 4 is 11.9 Å². The van der Waals surface area contributed by atoms with Gasteiger partial charge in [0.2, 0.25) is 5.91 Å². The maximum absolute atomic E-state index is 12.7. The van der Waals surface area contributed by atoms with Crippen molar-refractivity contribution in [3.8, 4) is 0 Å². The normalized spacial score (nSPS) is 23.3. The molecule has 4 atom stereocenters. The molecule has 1 fully saturated rings. The second kappa shape index (κ2) is 10.6. The summed E-state index contributed by atoms with van der Waals surface area (Å²) < 4.78 is 23.0. The van der Waals surface area contributed by atoms with Crippen LogP contribution in [0.3, 0.4) is 0 Å². The van der Waals surface area contributed by atoms with E-state index in [1.54, 1.807) is 24.3 Å². The number of nitrogens with one attached hydrogen (secondary N) is 1. The van der Waals surface area contributed by atoms with Gasteiger partial charge in [0.15, 0.2) is 6.86 Å². The van der Waals surface area contributed by atoms with Crippen molar-refractivity contribution in [2.45, 2.75) is 59.1 Å². The third kappa shape index (κ3) is 6.30. The van der Waals surface area contributed by atoms with Crippen molar-refractivity contribution in [2.24, 2.45) is 17.8 Å². The summed E-state index contributed by atoms with van der Waals surface area (Å²) in [4.78, 5) is 24.0. The summed E-state index contributed by atoms with van der Waals surface area (Å²) in [6, 6.07) is 6.37. The minimum absolute atomic E-state index is 0.0237. The predicted molar refractivity (Wildman–Crippen MR) is 105 cm³/mol. The van der Waals surface area contributed by atoms with Crippen LogP contribution in [0.5, 0.6) is 0 Å². The average molecular weight is 393 g/mol. The fraction of sp³-hybridized carbons (Fsp3) is 0.636. The molecule has 2 rings (SSSR count). The lowest BCUT2D eigenvalue weighted by molar-refractivity contribution is -0.120. The molecule has 1 aromatic rings. The third-order valence-electron chi connectivity index (χ3n) is 5.51. The van der Waals surface area contributed by atoms with Gasteiger partial charge < -0.3 is 14.8 Å². The second-order valence-electron chi connectivity index (χ2n) is 8.12. The first kappa shape index (κ1) is 22.3. The highest BCUT2D eigenvalue weighted by molar-refractivity contribution is 5.89. The molecule has 1 aliphatic carbocycles. The van der Waals surface area contributed by atoms with Gasteiger partial charge in [-0.15, -0.1) is 0 Å². The zero-order valence-corrected chi connectivity index (χ0v) is 17.2. The van der Waals surface area contributed by atoms with Gasteiger partial charge in [-0.3, -0.25) is 4.79 Å². The third-order valence-corrected chi connectivity index (χ3v) is 5.51. The van der Waals surface area contributed by atoms with Crippen LogP contribution < -0.4 is 5.32 Å². The van der Waals surface area contributed by atoms with Crippen LogP contribution in [0, 0.1) is 17.8 Å². The number of esters is 1. The fourth-order valence-electron chi connectivity index (χ4n) is 3.94. The number of alkyl halides is 1. The van der Waals surface area contributed by atoms with Gasteiger partial charge in [-0.1, -0.05) is 39.3 Å². The summed E-state index contributed by atoms with van der Waals surface area (Å²) in [7, 11) is 0. The molecule has 1 aliphatic rings. The maximum atomic E-state index is 12.7. The van der Waals surface area contributed by atoms with Crippen molar-refractivity contribution in [2.75, 3.05) is 13.5 Å². The number of benzene rings is 1. The standard InChI is InChI=1S/C22H32FNO4/c1-14(2)19-10-5-15(3)11-21(19)28-22(26)18-8-6-17(7-9-18)20(12-27-13-23)24-16(4)25/h6-9,14-15,19-21H,5,10-13H2,1-4H3,(H,24,25)/t15-,19+,20?,21-/m1/s1. The van der Waals surface area contributed by atoms with Crippen LogP contribution in [-0.2, 0) is 14.3 Å². The van der Waals surface area contributed by atoms with Crippen LogP contribution >= 0.6 is 0 Å². The summed E-state index contributed by atoms with van der Waals surface area (Å²) in [5.74, 6) is 0.863. The van der Waals surface area contributed by atoms with Crippen LogP contribution in [0.15, 0.2) is 24.3 Å². The Labute approximate surface area is 167 Å². The Bertz CT molecular complexity index is 646. The van der Waals surface area contributed by atoms with Gasteiger partial charge in [0.1, 0.15) is 6.10 Å². The minimum Gasteiger partial charge on any atom is -0.458 e. The van der Waals surface area contributed by atoms with Crippen molar-refractivity contribution in [3.63, 3.8) is 0 Å². The number of hydrogen-bond donors (Lipinski definition) is 1. The first-order chi connectivity index (χ1) is 13.3. The number of ether oxygens (including phenoxy) is 2. The Morgan fingerprint density at radius 1 is 1.21 bits per heavy atom. The molecule has 0 saturated heterocycles. The average Bonchev–Trinajstić information content (AvgIpc) is 2.64. The van der Waals surface area contributed by atoms with E-state index in [0.717, 1.165) is 18.4 Å². The molecule has 1 unspecified atom stereocenters. The minimum atomic E-state index is -0.919. The van der Waals surface area contributed by atoms with Crippen LogP contribution in [0.4, 0.5) is 4.39 Å². The number of rotatable bonds is 8. The van der Waals surface area contributed by atoms with E-state index in [1.807, 2.05) is 0 Å². The zero-order valence-electron chi connectivity index (χ0n) is 17.2. The van der Waals surface area contributed by atoms with Gasteiger partial charge in [0, 0.05) is 6.92 Å². The lowest BCUT2D eigenvalue weighted by atomic mass is 9.75. The van der Waals surface area contributed by atoms with Crippen LogP contribution in [0.2, 0.25) is 0 Å². The Morgan fingerprint density at radius 3 is 2.46 bits per heavy atom. The second-order valence-corrected chi connectivity index (χ2v) is 8.12. The zero-order chi connectivity index (χ0) is 20.7. The monoisotopic (exact) mass is 393 g/mol. The number of halogens is 1. The fourth-order valence-corrected chi connectivity index (χ4v) is 3.94. The summed E-state index contributed by atoms with van der Waals surface area (Å²) >= 11 is 0. The Hall–Kier alpha value is -1.95. The number of carbonyl (C=O) groups excluding carboxylic acids is 2. The molecule has 1 aromatic carbocycles. The van der Waals surface area contributed by atoms with Gasteiger partial charge >= 0.3 is 5.97 Å². The SMILES string of the molecule is CC(=O)NC(COCF)c1ccc(C(=O)O[C@@H]2C[C@H](C)CC[C@H]2C(C)C)cc1. The molecule has 1 saturated carbocycles. The summed E-state index contributed by atoms with van der Waals surface area (Å²) in [6.45, 7) is 7.06. The van der Waals surface area contributed by atoms with E-state index in [1.165, 1.54) is 13.3 Å². The highest BCUT2D eigenvalue weighted by Gasteiger charge is 2.33. The number of carbonyl (C=O) groups is 2. The first-order valence-corrected chi connectivity index (χ1v) is 10.0. The maximum Gasteiger partial charge on any atom is 0.338 e. The van der Waals surface area contributed by atoms with Gasteiger partial charge in [-0.05, 0) is 48.3 Å². The molecule has 0 radical (unpaired) electrons. The Morgan fingerprint density at radius 2 is 1.89 bits per heavy atom. The smallest absolute Gasteiger partial charge is 0.338 e. The van der Waals surface area contributed by atoms with E-state index >= 15 is 0 Å². The Kier molecular flexibility index (Phi) is 8.42. The van der Waals surface area contributed by atoms with E-state index in [-0.39, 0.29) is 24.6 Å². The highest BCUT2D eigenvalue weighted by atomic mass is 19.1. The molecule has 5 nitrogen and oxygen atoms in total. The molecular formula is C22H32FNO4. The molecule has 0 aromatic heterocycles. The predicted octanol–water partition coefficient (Wildman–Crippen LogP) is 4.43. The summed E-state index contributed by atoms with van der Waals surface area (Å²) in [5.41, 5.74) is 1.21. The molecule has 0 spiro atoms. The molecule has 0 aliphatic heterocycles. The quantitative estimate of drug-likeness (QED) is 0.664. The van der Waals surface area contributed by atoms with Gasteiger partial charge in [-0.25, -0.2) is 9.18 Å². The van der Waals surface area contributed by atoms with E-state index in [4.69, 9.17) is 9.47 Å².